The molecule has 0 radical (unpaired) electrons. The van der Waals surface area contributed by atoms with Gasteiger partial charge in [0.25, 0.3) is 5.91 Å². The lowest BCUT2D eigenvalue weighted by molar-refractivity contribution is -0.137. The van der Waals surface area contributed by atoms with Crippen LogP contribution in [0, 0.1) is 0 Å². The van der Waals surface area contributed by atoms with E-state index in [1.54, 1.807) is 24.5 Å². The van der Waals surface area contributed by atoms with Crippen molar-refractivity contribution in [1.29, 1.82) is 0 Å². The van der Waals surface area contributed by atoms with E-state index in [4.69, 9.17) is 5.73 Å². The van der Waals surface area contributed by atoms with Gasteiger partial charge in [-0.3, -0.25) is 9.78 Å². The lowest BCUT2D eigenvalue weighted by Gasteiger charge is -2.06. The molecule has 0 saturated heterocycles. The number of carbonyl (C=O) groups excluding carboxylic acids is 1. The Hall–Kier alpha value is -3.46. The minimum Gasteiger partial charge on any atom is -0.397 e. The highest BCUT2D eigenvalue weighted by Gasteiger charge is 2.32. The Bertz CT molecular complexity index is 1190. The van der Waals surface area contributed by atoms with Crippen molar-refractivity contribution in [3.63, 3.8) is 0 Å². The molecule has 0 fully saturated rings. The van der Waals surface area contributed by atoms with Gasteiger partial charge in [-0.1, -0.05) is 18.2 Å². The lowest BCUT2D eigenvalue weighted by Crippen LogP contribution is -2.11. The number of fused-ring (bicyclic) bond motifs is 1. The zero-order chi connectivity index (χ0) is 20.6. The van der Waals surface area contributed by atoms with E-state index in [1.165, 1.54) is 0 Å². The second kappa shape index (κ2) is 7.17. The molecule has 0 spiro atoms. The molecule has 1 aromatic carbocycles. The van der Waals surface area contributed by atoms with Gasteiger partial charge in [0.15, 0.2) is 0 Å². The van der Waals surface area contributed by atoms with Crippen molar-refractivity contribution in [3.05, 3.63) is 71.5 Å². The monoisotopic (exact) mass is 414 g/mol. The van der Waals surface area contributed by atoms with Crippen LogP contribution in [0.4, 0.5) is 24.5 Å². The quantitative estimate of drug-likeness (QED) is 0.482. The molecule has 146 valence electrons. The number of hydrogen-bond acceptors (Lipinski definition) is 5. The molecule has 0 atom stereocenters. The summed E-state index contributed by atoms with van der Waals surface area (Å²) in [5.74, 6) is -0.506. The summed E-state index contributed by atoms with van der Waals surface area (Å²) in [4.78, 5) is 20.8. The summed E-state index contributed by atoms with van der Waals surface area (Å²) in [5.41, 5.74) is 7.41. The van der Waals surface area contributed by atoms with Gasteiger partial charge in [-0.05, 0) is 35.4 Å². The minimum absolute atomic E-state index is 0.0203. The third-order valence-corrected chi connectivity index (χ3v) is 5.38. The van der Waals surface area contributed by atoms with Crippen molar-refractivity contribution in [3.8, 4) is 11.1 Å². The SMILES string of the molecule is Nc1c(C(=O)Nc2ccc(-c3cccnc3)cc2)sc2ncc(C(F)(F)F)cc12. The molecule has 4 aromatic rings. The molecular weight excluding hydrogens is 401 g/mol. The van der Waals surface area contributed by atoms with Crippen LogP contribution >= 0.6 is 11.3 Å². The average molecular weight is 414 g/mol. The first kappa shape index (κ1) is 18.9. The first-order valence-corrected chi connectivity index (χ1v) is 9.21. The maximum atomic E-state index is 12.9. The van der Waals surface area contributed by atoms with E-state index >= 15 is 0 Å². The summed E-state index contributed by atoms with van der Waals surface area (Å²) < 4.78 is 38.7. The Kier molecular flexibility index (Phi) is 4.67. The van der Waals surface area contributed by atoms with Crippen LogP contribution in [-0.2, 0) is 6.18 Å². The fraction of sp³-hybridized carbons (Fsp3) is 0.0500. The van der Waals surface area contributed by atoms with Gasteiger partial charge in [-0.15, -0.1) is 11.3 Å². The molecule has 0 saturated carbocycles. The molecule has 0 aliphatic heterocycles. The number of aromatic nitrogens is 2. The molecule has 3 N–H and O–H groups in total. The Morgan fingerprint density at radius 3 is 2.48 bits per heavy atom. The van der Waals surface area contributed by atoms with E-state index in [-0.39, 0.29) is 20.8 Å². The van der Waals surface area contributed by atoms with Crippen molar-refractivity contribution in [2.75, 3.05) is 11.1 Å². The number of carbonyl (C=O) groups is 1. The first-order chi connectivity index (χ1) is 13.8. The predicted molar refractivity (Wildman–Crippen MR) is 107 cm³/mol. The predicted octanol–water partition coefficient (Wildman–Crippen LogP) is 5.21. The Morgan fingerprint density at radius 2 is 1.83 bits per heavy atom. The molecule has 1 amide bonds. The summed E-state index contributed by atoms with van der Waals surface area (Å²) in [6, 6.07) is 11.8. The van der Waals surface area contributed by atoms with Crippen LogP contribution in [0.3, 0.4) is 0 Å². The van der Waals surface area contributed by atoms with E-state index in [2.05, 4.69) is 15.3 Å². The zero-order valence-corrected chi connectivity index (χ0v) is 15.5. The van der Waals surface area contributed by atoms with Crippen LogP contribution in [0.5, 0.6) is 0 Å². The van der Waals surface area contributed by atoms with Crippen molar-refractivity contribution >= 4 is 38.8 Å². The number of halogens is 3. The van der Waals surface area contributed by atoms with Gasteiger partial charge in [0.05, 0.1) is 11.3 Å². The molecule has 9 heteroatoms. The maximum absolute atomic E-state index is 12.9. The number of rotatable bonds is 3. The van der Waals surface area contributed by atoms with Crippen molar-refractivity contribution in [2.45, 2.75) is 6.18 Å². The summed E-state index contributed by atoms with van der Waals surface area (Å²) >= 11 is 0.947. The molecule has 0 aliphatic carbocycles. The highest BCUT2D eigenvalue weighted by molar-refractivity contribution is 7.21. The number of hydrogen-bond donors (Lipinski definition) is 2. The van der Waals surface area contributed by atoms with Gasteiger partial charge in [-0.25, -0.2) is 4.98 Å². The number of benzene rings is 1. The normalized spacial score (nSPS) is 11.6. The number of anilines is 2. The molecule has 0 unspecified atom stereocenters. The standard InChI is InChI=1S/C20H13F3N4OS/c21-20(22,23)13-8-15-16(24)17(29-19(15)26-10-13)18(28)27-14-5-3-11(4-6-14)12-2-1-7-25-9-12/h1-10H,24H2,(H,27,28). The molecule has 0 aliphatic rings. The van der Waals surface area contributed by atoms with Crippen molar-refractivity contribution in [1.82, 2.24) is 9.97 Å². The summed E-state index contributed by atoms with van der Waals surface area (Å²) in [5, 5.41) is 2.82. The Morgan fingerprint density at radius 1 is 1.07 bits per heavy atom. The second-order valence-electron chi connectivity index (χ2n) is 6.19. The van der Waals surface area contributed by atoms with Crippen LogP contribution in [0.2, 0.25) is 0 Å². The van der Waals surface area contributed by atoms with Gasteiger partial charge >= 0.3 is 6.18 Å². The van der Waals surface area contributed by atoms with Gasteiger partial charge in [0.2, 0.25) is 0 Å². The fourth-order valence-corrected chi connectivity index (χ4v) is 3.73. The topological polar surface area (TPSA) is 80.9 Å². The van der Waals surface area contributed by atoms with Crippen LogP contribution < -0.4 is 11.1 Å². The second-order valence-corrected chi connectivity index (χ2v) is 7.19. The number of nitrogens with one attached hydrogen (secondary N) is 1. The molecule has 5 nitrogen and oxygen atoms in total. The van der Waals surface area contributed by atoms with Crippen LogP contribution in [0.1, 0.15) is 15.2 Å². The third-order valence-electron chi connectivity index (χ3n) is 4.26. The maximum Gasteiger partial charge on any atom is 0.417 e. The largest absolute Gasteiger partial charge is 0.417 e. The average Bonchev–Trinajstić information content (AvgIpc) is 3.05. The highest BCUT2D eigenvalue weighted by Crippen LogP contribution is 2.37. The number of nitrogens with two attached hydrogens (primary N) is 1. The number of alkyl halides is 3. The summed E-state index contributed by atoms with van der Waals surface area (Å²) in [6.45, 7) is 0. The van der Waals surface area contributed by atoms with E-state index in [1.807, 2.05) is 24.3 Å². The Balaban J connectivity index is 1.58. The van der Waals surface area contributed by atoms with Gasteiger partial charge in [-0.2, -0.15) is 13.2 Å². The zero-order valence-electron chi connectivity index (χ0n) is 14.7. The Labute approximate surface area is 167 Å². The molecule has 3 heterocycles. The van der Waals surface area contributed by atoms with Crippen molar-refractivity contribution < 1.29 is 18.0 Å². The van der Waals surface area contributed by atoms with Gasteiger partial charge in [0.1, 0.15) is 9.71 Å². The van der Waals surface area contributed by atoms with Crippen LogP contribution in [0.25, 0.3) is 21.3 Å². The first-order valence-electron chi connectivity index (χ1n) is 8.40. The molecule has 4 rings (SSSR count). The molecule has 29 heavy (non-hydrogen) atoms. The number of pyridine rings is 2. The van der Waals surface area contributed by atoms with E-state index < -0.39 is 17.6 Å². The van der Waals surface area contributed by atoms with Crippen LogP contribution in [0.15, 0.2) is 61.1 Å². The van der Waals surface area contributed by atoms with E-state index in [0.29, 0.717) is 5.69 Å². The number of nitrogens with zero attached hydrogens (tertiary/aromatic N) is 2. The number of nitrogen functional groups attached to an aromatic ring is 1. The summed E-state index contributed by atoms with van der Waals surface area (Å²) in [7, 11) is 0. The molecule has 3 aromatic heterocycles. The smallest absolute Gasteiger partial charge is 0.397 e. The fourth-order valence-electron chi connectivity index (χ4n) is 2.79. The van der Waals surface area contributed by atoms with Crippen LogP contribution in [-0.4, -0.2) is 15.9 Å². The molecular formula is C20H13F3N4OS. The van der Waals surface area contributed by atoms with E-state index in [9.17, 15) is 18.0 Å². The lowest BCUT2D eigenvalue weighted by atomic mass is 10.1. The van der Waals surface area contributed by atoms with Crippen molar-refractivity contribution in [2.24, 2.45) is 0 Å². The summed E-state index contributed by atoms with van der Waals surface area (Å²) in [6.07, 6.45) is -0.390. The molecule has 0 bridgehead atoms. The minimum atomic E-state index is -4.53. The number of amides is 1. The number of thiophene rings is 1. The highest BCUT2D eigenvalue weighted by atomic mass is 32.1. The van der Waals surface area contributed by atoms with Gasteiger partial charge < -0.3 is 11.1 Å². The van der Waals surface area contributed by atoms with Gasteiger partial charge in [0, 0.05) is 29.7 Å². The van der Waals surface area contributed by atoms with E-state index in [0.717, 1.165) is 34.7 Å². The third kappa shape index (κ3) is 3.77.